The molecule has 17 heteroatoms. The van der Waals surface area contributed by atoms with E-state index in [-0.39, 0.29) is 28.9 Å². The molecule has 264 valence electrons. The summed E-state index contributed by atoms with van der Waals surface area (Å²) in [4.78, 5) is 45.1. The van der Waals surface area contributed by atoms with Crippen molar-refractivity contribution in [1.82, 2.24) is 39.5 Å². The number of hydrogen-bond donors (Lipinski definition) is 2. The average molecular weight is 836 g/mol. The molecule has 0 radical (unpaired) electrons. The number of alkyl halides is 3. The number of aryl methyl sites for hydroxylation is 2. The van der Waals surface area contributed by atoms with Crippen molar-refractivity contribution >= 4 is 55.0 Å². The predicted molar refractivity (Wildman–Crippen MR) is 193 cm³/mol. The standard InChI is InChI=1S/C35H27Br2F3N10O2/c1-18-28(8-22(36)13-41-18)47-34(52)31-7-19(6-29(46-31)21-12-44-50(16-21)17-35(38,39)40)24-10-25(24)32-30(9-23(37)14-42-32)48-33(51)27-5-3-4-26(45-27)20-11-43-49(2)15-20/h3-9,11-16,24-25H,10,17H2,1-2H3,(H,47,52)(H,48,51). The summed E-state index contributed by atoms with van der Waals surface area (Å²) in [7, 11) is 1.80. The lowest BCUT2D eigenvalue weighted by atomic mass is 10.0. The molecule has 2 N–H and O–H groups in total. The summed E-state index contributed by atoms with van der Waals surface area (Å²) in [5.41, 5.74) is 5.10. The molecule has 52 heavy (non-hydrogen) atoms. The van der Waals surface area contributed by atoms with Crippen molar-refractivity contribution in [2.75, 3.05) is 10.6 Å². The topological polar surface area (TPSA) is 145 Å². The smallest absolute Gasteiger partial charge is 0.319 e. The lowest BCUT2D eigenvalue weighted by Crippen LogP contribution is -2.17. The van der Waals surface area contributed by atoms with Crippen LogP contribution in [0, 0.1) is 6.92 Å². The van der Waals surface area contributed by atoms with Gasteiger partial charge < -0.3 is 10.6 Å². The highest BCUT2D eigenvalue weighted by molar-refractivity contribution is 9.10. The fourth-order valence-corrected chi connectivity index (χ4v) is 6.45. The Kier molecular flexibility index (Phi) is 9.48. The van der Waals surface area contributed by atoms with Gasteiger partial charge >= 0.3 is 6.18 Å². The third kappa shape index (κ3) is 7.94. The van der Waals surface area contributed by atoms with E-state index < -0.39 is 24.5 Å². The van der Waals surface area contributed by atoms with E-state index in [0.717, 1.165) is 15.8 Å². The molecule has 1 fully saturated rings. The molecule has 2 amide bonds. The molecule has 0 aliphatic heterocycles. The molecule has 0 aromatic carbocycles. The number of aromatic nitrogens is 8. The number of pyridine rings is 4. The van der Waals surface area contributed by atoms with E-state index in [2.05, 4.69) is 72.6 Å². The van der Waals surface area contributed by atoms with Crippen LogP contribution in [0.25, 0.3) is 22.5 Å². The van der Waals surface area contributed by atoms with E-state index in [0.29, 0.717) is 49.4 Å². The van der Waals surface area contributed by atoms with Crippen molar-refractivity contribution in [3.63, 3.8) is 0 Å². The molecule has 1 saturated carbocycles. The van der Waals surface area contributed by atoms with Crippen LogP contribution in [0.1, 0.15) is 56.2 Å². The Morgan fingerprint density at radius 1 is 0.827 bits per heavy atom. The second-order valence-electron chi connectivity index (χ2n) is 12.3. The Hall–Kier alpha value is -5.29. The first-order valence-electron chi connectivity index (χ1n) is 15.8. The van der Waals surface area contributed by atoms with Gasteiger partial charge in [0, 0.05) is 57.8 Å². The molecule has 12 nitrogen and oxygen atoms in total. The van der Waals surface area contributed by atoms with Gasteiger partial charge in [0.25, 0.3) is 11.8 Å². The summed E-state index contributed by atoms with van der Waals surface area (Å²) in [6, 6.07) is 12.0. The number of rotatable bonds is 9. The van der Waals surface area contributed by atoms with Crippen molar-refractivity contribution in [1.29, 1.82) is 0 Å². The van der Waals surface area contributed by atoms with Crippen LogP contribution >= 0.6 is 31.9 Å². The highest BCUT2D eigenvalue weighted by Gasteiger charge is 2.43. The molecule has 2 unspecified atom stereocenters. The van der Waals surface area contributed by atoms with Gasteiger partial charge in [-0.1, -0.05) is 6.07 Å². The largest absolute Gasteiger partial charge is 0.408 e. The Balaban J connectivity index is 1.19. The fraction of sp³-hybridized carbons (Fsp3) is 0.200. The number of amides is 2. The minimum atomic E-state index is -4.47. The average Bonchev–Trinajstić information content (AvgIpc) is 3.55. The van der Waals surface area contributed by atoms with Crippen molar-refractivity contribution in [3.05, 3.63) is 117 Å². The minimum Gasteiger partial charge on any atom is -0.319 e. The molecule has 0 bridgehead atoms. The van der Waals surface area contributed by atoms with Crippen molar-refractivity contribution in [3.8, 4) is 22.5 Å². The molecule has 7 rings (SSSR count). The van der Waals surface area contributed by atoms with Crippen LogP contribution in [0.5, 0.6) is 0 Å². The second-order valence-corrected chi connectivity index (χ2v) is 14.1. The summed E-state index contributed by atoms with van der Waals surface area (Å²) in [6.07, 6.45) is 5.41. The number of carbonyl (C=O) groups excluding carboxylic acids is 2. The summed E-state index contributed by atoms with van der Waals surface area (Å²) >= 11 is 6.82. The zero-order valence-electron chi connectivity index (χ0n) is 27.4. The number of nitrogens with zero attached hydrogens (tertiary/aromatic N) is 8. The number of carbonyl (C=O) groups is 2. The van der Waals surface area contributed by atoms with Gasteiger partial charge in [0.2, 0.25) is 0 Å². The highest BCUT2D eigenvalue weighted by atomic mass is 79.9. The zero-order valence-corrected chi connectivity index (χ0v) is 30.5. The molecule has 6 aromatic heterocycles. The monoisotopic (exact) mass is 834 g/mol. The fourth-order valence-electron chi connectivity index (χ4n) is 5.79. The molecule has 6 aromatic rings. The van der Waals surface area contributed by atoms with E-state index in [4.69, 9.17) is 0 Å². The zero-order chi connectivity index (χ0) is 36.7. The van der Waals surface area contributed by atoms with E-state index in [1.807, 2.05) is 0 Å². The number of nitrogens with one attached hydrogen (secondary N) is 2. The first-order chi connectivity index (χ1) is 24.8. The summed E-state index contributed by atoms with van der Waals surface area (Å²) < 4.78 is 43.1. The van der Waals surface area contributed by atoms with Gasteiger partial charge in [-0.25, -0.2) is 9.97 Å². The third-order valence-electron chi connectivity index (χ3n) is 8.34. The lowest BCUT2D eigenvalue weighted by molar-refractivity contribution is -0.142. The SMILES string of the molecule is Cc1ncc(Br)cc1NC(=O)c1cc(C2CC2c2ncc(Br)cc2NC(=O)c2cccc(-c3cnn(C)c3)n2)cc(-c2cnn(CC(F)(F)F)c2)n1. The lowest BCUT2D eigenvalue weighted by Gasteiger charge is -2.13. The van der Waals surface area contributed by atoms with Gasteiger partial charge in [0.05, 0.1) is 46.5 Å². The van der Waals surface area contributed by atoms with Gasteiger partial charge in [-0.05, 0) is 93.1 Å². The van der Waals surface area contributed by atoms with Crippen LogP contribution in [-0.4, -0.2) is 57.5 Å². The summed E-state index contributed by atoms with van der Waals surface area (Å²) in [5.74, 6) is -1.26. The van der Waals surface area contributed by atoms with Crippen LogP contribution in [0.3, 0.4) is 0 Å². The van der Waals surface area contributed by atoms with Crippen molar-refractivity contribution in [2.24, 2.45) is 7.05 Å². The molecule has 6 heterocycles. The van der Waals surface area contributed by atoms with Crippen molar-refractivity contribution < 1.29 is 22.8 Å². The Morgan fingerprint density at radius 2 is 1.50 bits per heavy atom. The normalized spacial score (nSPS) is 15.4. The molecule has 2 atom stereocenters. The molecule has 0 spiro atoms. The van der Waals surface area contributed by atoms with Gasteiger partial charge in [-0.3, -0.25) is 28.9 Å². The number of halogens is 5. The Bertz CT molecular complexity index is 2340. The third-order valence-corrected chi connectivity index (χ3v) is 9.21. The van der Waals surface area contributed by atoms with E-state index >= 15 is 0 Å². The summed E-state index contributed by atoms with van der Waals surface area (Å²) in [5, 5.41) is 13.9. The van der Waals surface area contributed by atoms with Gasteiger partial charge in [-0.15, -0.1) is 0 Å². The molecular formula is C35H27Br2F3N10O2. The Morgan fingerprint density at radius 3 is 2.25 bits per heavy atom. The van der Waals surface area contributed by atoms with Gasteiger partial charge in [0.15, 0.2) is 0 Å². The number of anilines is 2. The van der Waals surface area contributed by atoms with Crippen LogP contribution in [0.4, 0.5) is 24.5 Å². The molecule has 1 aliphatic carbocycles. The maximum Gasteiger partial charge on any atom is 0.408 e. The van der Waals surface area contributed by atoms with Crippen LogP contribution < -0.4 is 10.6 Å². The van der Waals surface area contributed by atoms with Gasteiger partial charge in [0.1, 0.15) is 17.9 Å². The van der Waals surface area contributed by atoms with E-state index in [9.17, 15) is 22.8 Å². The number of hydrogen-bond acceptors (Lipinski definition) is 8. The first-order valence-corrected chi connectivity index (χ1v) is 17.4. The highest BCUT2D eigenvalue weighted by Crippen LogP contribution is 2.56. The van der Waals surface area contributed by atoms with E-state index in [1.165, 1.54) is 12.4 Å². The van der Waals surface area contributed by atoms with Gasteiger partial charge in [-0.2, -0.15) is 23.4 Å². The first kappa shape index (κ1) is 35.1. The maximum atomic E-state index is 13.6. The van der Waals surface area contributed by atoms with Crippen LogP contribution in [-0.2, 0) is 13.6 Å². The molecule has 0 saturated heterocycles. The van der Waals surface area contributed by atoms with Crippen molar-refractivity contribution in [2.45, 2.75) is 37.9 Å². The minimum absolute atomic E-state index is 0.0537. The predicted octanol–water partition coefficient (Wildman–Crippen LogP) is 7.70. The maximum absolute atomic E-state index is 13.6. The van der Waals surface area contributed by atoms with Crippen LogP contribution in [0.15, 0.2) is 88.6 Å². The van der Waals surface area contributed by atoms with Crippen LogP contribution in [0.2, 0.25) is 0 Å². The second kappa shape index (κ2) is 14.0. The quantitative estimate of drug-likeness (QED) is 0.151. The Labute approximate surface area is 311 Å². The summed E-state index contributed by atoms with van der Waals surface area (Å²) in [6.45, 7) is 0.475. The molecule has 1 aliphatic rings. The van der Waals surface area contributed by atoms with E-state index in [1.54, 1.807) is 85.9 Å². The molecular weight excluding hydrogens is 809 g/mol.